The highest BCUT2D eigenvalue weighted by molar-refractivity contribution is 5.45. The average molecular weight is 261 g/mol. The number of nitrogens with one attached hydrogen (secondary N) is 1. The second-order valence-electron chi connectivity index (χ2n) is 7.20. The van der Waals surface area contributed by atoms with Gasteiger partial charge < -0.3 is 10.1 Å². The van der Waals surface area contributed by atoms with Crippen molar-refractivity contribution in [2.75, 3.05) is 20.2 Å². The third kappa shape index (κ3) is 3.30. The van der Waals surface area contributed by atoms with Crippen LogP contribution in [-0.2, 0) is 11.8 Å². The molecule has 2 rings (SSSR count). The summed E-state index contributed by atoms with van der Waals surface area (Å²) in [5.41, 5.74) is 3.31. The second-order valence-corrected chi connectivity index (χ2v) is 7.20. The van der Waals surface area contributed by atoms with Crippen molar-refractivity contribution in [2.24, 2.45) is 5.41 Å². The first kappa shape index (κ1) is 14.4. The average Bonchev–Trinajstić information content (AvgIpc) is 2.63. The molecule has 0 saturated heterocycles. The van der Waals surface area contributed by atoms with E-state index in [0.29, 0.717) is 5.41 Å². The van der Waals surface area contributed by atoms with E-state index in [-0.39, 0.29) is 5.41 Å². The minimum Gasteiger partial charge on any atom is -0.492 e. The van der Waals surface area contributed by atoms with E-state index in [1.165, 1.54) is 17.5 Å². The van der Waals surface area contributed by atoms with Crippen LogP contribution in [0.15, 0.2) is 18.2 Å². The molecule has 0 radical (unpaired) electrons. The van der Waals surface area contributed by atoms with E-state index >= 15 is 0 Å². The highest BCUT2D eigenvalue weighted by Gasteiger charge is 2.31. The molecule has 0 bridgehead atoms. The van der Waals surface area contributed by atoms with Gasteiger partial charge in [-0.1, -0.05) is 39.8 Å². The first-order chi connectivity index (χ1) is 8.84. The van der Waals surface area contributed by atoms with Crippen LogP contribution in [0.2, 0.25) is 0 Å². The van der Waals surface area contributed by atoms with Crippen molar-refractivity contribution in [1.29, 1.82) is 0 Å². The van der Waals surface area contributed by atoms with Gasteiger partial charge in [0.05, 0.1) is 6.61 Å². The number of ether oxygens (including phenoxy) is 1. The molecule has 1 heterocycles. The summed E-state index contributed by atoms with van der Waals surface area (Å²) in [6.07, 6.45) is 2.34. The second kappa shape index (κ2) is 5.16. The molecular weight excluding hydrogens is 234 g/mol. The molecule has 0 aromatic heterocycles. The quantitative estimate of drug-likeness (QED) is 0.875. The highest BCUT2D eigenvalue weighted by Crippen LogP contribution is 2.39. The maximum absolute atomic E-state index is 5.74. The van der Waals surface area contributed by atoms with Crippen LogP contribution < -0.4 is 10.1 Å². The topological polar surface area (TPSA) is 21.3 Å². The first-order valence-electron chi connectivity index (χ1n) is 7.25. The van der Waals surface area contributed by atoms with Crippen LogP contribution in [0.5, 0.6) is 5.75 Å². The standard InChI is InChI=1S/C17H27NO/c1-16(2,11-18-5)9-8-13-6-7-15-14(10-13)17(3,4)12-19-15/h6-7,10,18H,8-9,11-12H2,1-5H3. The maximum Gasteiger partial charge on any atom is 0.123 e. The van der Waals surface area contributed by atoms with Crippen molar-refractivity contribution in [1.82, 2.24) is 5.32 Å². The van der Waals surface area contributed by atoms with Gasteiger partial charge in [0.15, 0.2) is 0 Å². The van der Waals surface area contributed by atoms with E-state index in [2.05, 4.69) is 51.2 Å². The van der Waals surface area contributed by atoms with E-state index in [4.69, 9.17) is 4.74 Å². The molecule has 2 heteroatoms. The third-order valence-corrected chi connectivity index (χ3v) is 4.11. The molecule has 106 valence electrons. The van der Waals surface area contributed by atoms with Gasteiger partial charge in [0.25, 0.3) is 0 Å². The Kier molecular flexibility index (Phi) is 3.91. The molecule has 2 nitrogen and oxygen atoms in total. The molecular formula is C17H27NO. The SMILES string of the molecule is CNCC(C)(C)CCc1ccc2c(c1)C(C)(C)CO2. The van der Waals surface area contributed by atoms with E-state index in [1.807, 2.05) is 7.05 Å². The number of hydrogen-bond donors (Lipinski definition) is 1. The minimum atomic E-state index is 0.159. The lowest BCUT2D eigenvalue weighted by molar-refractivity contribution is 0.291. The van der Waals surface area contributed by atoms with Crippen LogP contribution in [0, 0.1) is 5.41 Å². The summed E-state index contributed by atoms with van der Waals surface area (Å²) >= 11 is 0. The Labute approximate surface area is 117 Å². The zero-order chi connectivity index (χ0) is 14.1. The van der Waals surface area contributed by atoms with Crippen molar-refractivity contribution in [2.45, 2.75) is 46.0 Å². The number of rotatable bonds is 5. The van der Waals surface area contributed by atoms with Gasteiger partial charge in [-0.3, -0.25) is 0 Å². The molecule has 0 atom stereocenters. The molecule has 1 N–H and O–H groups in total. The van der Waals surface area contributed by atoms with Crippen molar-refractivity contribution >= 4 is 0 Å². The summed E-state index contributed by atoms with van der Waals surface area (Å²) in [5, 5.41) is 3.28. The van der Waals surface area contributed by atoms with Gasteiger partial charge in [0.2, 0.25) is 0 Å². The fourth-order valence-corrected chi connectivity index (χ4v) is 2.77. The van der Waals surface area contributed by atoms with Gasteiger partial charge >= 0.3 is 0 Å². The van der Waals surface area contributed by atoms with Crippen molar-refractivity contribution < 1.29 is 4.74 Å². The maximum atomic E-state index is 5.74. The van der Waals surface area contributed by atoms with Crippen molar-refractivity contribution in [3.63, 3.8) is 0 Å². The number of fused-ring (bicyclic) bond motifs is 1. The Hall–Kier alpha value is -1.02. The van der Waals surface area contributed by atoms with Gasteiger partial charge in [-0.25, -0.2) is 0 Å². The summed E-state index contributed by atoms with van der Waals surface area (Å²) in [6.45, 7) is 11.0. The monoisotopic (exact) mass is 261 g/mol. The molecule has 0 fully saturated rings. The van der Waals surface area contributed by atoms with Crippen molar-refractivity contribution in [3.05, 3.63) is 29.3 Å². The number of benzene rings is 1. The van der Waals surface area contributed by atoms with E-state index in [0.717, 1.165) is 25.3 Å². The Balaban J connectivity index is 2.07. The number of hydrogen-bond acceptors (Lipinski definition) is 2. The minimum absolute atomic E-state index is 0.159. The molecule has 0 unspecified atom stereocenters. The van der Waals surface area contributed by atoms with Crippen LogP contribution in [0.25, 0.3) is 0 Å². The van der Waals surface area contributed by atoms with Crippen LogP contribution in [-0.4, -0.2) is 20.2 Å². The van der Waals surface area contributed by atoms with E-state index < -0.39 is 0 Å². The summed E-state index contributed by atoms with van der Waals surface area (Å²) in [7, 11) is 2.02. The Morgan fingerprint density at radius 3 is 2.74 bits per heavy atom. The smallest absolute Gasteiger partial charge is 0.123 e. The summed E-state index contributed by atoms with van der Waals surface area (Å²) < 4.78 is 5.74. The van der Waals surface area contributed by atoms with Crippen LogP contribution in [0.3, 0.4) is 0 Å². The van der Waals surface area contributed by atoms with E-state index in [9.17, 15) is 0 Å². The highest BCUT2D eigenvalue weighted by atomic mass is 16.5. The largest absolute Gasteiger partial charge is 0.492 e. The molecule has 0 saturated carbocycles. The Morgan fingerprint density at radius 2 is 2.05 bits per heavy atom. The van der Waals surface area contributed by atoms with Gasteiger partial charge in [0.1, 0.15) is 5.75 Å². The predicted octanol–water partition coefficient (Wildman–Crippen LogP) is 3.53. The van der Waals surface area contributed by atoms with E-state index in [1.54, 1.807) is 0 Å². The summed E-state index contributed by atoms with van der Waals surface area (Å²) in [5.74, 6) is 1.07. The fraction of sp³-hybridized carbons (Fsp3) is 0.647. The first-order valence-corrected chi connectivity index (χ1v) is 7.25. The number of aryl methyl sites for hydroxylation is 1. The molecule has 1 aliphatic rings. The van der Waals surface area contributed by atoms with Crippen LogP contribution in [0.1, 0.15) is 45.2 Å². The predicted molar refractivity (Wildman–Crippen MR) is 81.0 cm³/mol. The van der Waals surface area contributed by atoms with Gasteiger partial charge in [-0.2, -0.15) is 0 Å². The van der Waals surface area contributed by atoms with Crippen LogP contribution in [0.4, 0.5) is 0 Å². The Morgan fingerprint density at radius 1 is 1.32 bits per heavy atom. The molecule has 19 heavy (non-hydrogen) atoms. The molecule has 0 spiro atoms. The fourth-order valence-electron chi connectivity index (χ4n) is 2.77. The third-order valence-electron chi connectivity index (χ3n) is 4.11. The van der Waals surface area contributed by atoms with Crippen LogP contribution >= 0.6 is 0 Å². The lowest BCUT2D eigenvalue weighted by atomic mass is 9.83. The molecule has 1 aromatic carbocycles. The summed E-state index contributed by atoms with van der Waals surface area (Å²) in [6, 6.07) is 6.71. The van der Waals surface area contributed by atoms with Crippen molar-refractivity contribution in [3.8, 4) is 5.75 Å². The lowest BCUT2D eigenvalue weighted by Gasteiger charge is -2.24. The van der Waals surface area contributed by atoms with Gasteiger partial charge in [0, 0.05) is 11.0 Å². The molecule has 1 aromatic rings. The molecule has 0 amide bonds. The van der Waals surface area contributed by atoms with Gasteiger partial charge in [-0.15, -0.1) is 0 Å². The normalized spacial score (nSPS) is 17.1. The summed E-state index contributed by atoms with van der Waals surface area (Å²) in [4.78, 5) is 0. The molecule has 0 aliphatic carbocycles. The zero-order valence-electron chi connectivity index (χ0n) is 13.0. The Bertz CT molecular complexity index is 449. The van der Waals surface area contributed by atoms with Gasteiger partial charge in [-0.05, 0) is 43.5 Å². The zero-order valence-corrected chi connectivity index (χ0v) is 13.0. The lowest BCUT2D eigenvalue weighted by Crippen LogP contribution is -2.27. The molecule has 1 aliphatic heterocycles.